The molecule has 0 rings (SSSR count). The van der Waals surface area contributed by atoms with E-state index in [0.29, 0.717) is 19.3 Å². The first-order chi connectivity index (χ1) is 34.0. The van der Waals surface area contributed by atoms with E-state index in [1.165, 1.54) is 257 Å². The van der Waals surface area contributed by atoms with Crippen molar-refractivity contribution in [1.82, 2.24) is 5.32 Å². The second-order valence-corrected chi connectivity index (χ2v) is 21.8. The zero-order chi connectivity index (χ0) is 50.2. The van der Waals surface area contributed by atoms with E-state index in [9.17, 15) is 19.8 Å². The van der Waals surface area contributed by atoms with Crippen molar-refractivity contribution in [3.63, 3.8) is 0 Å². The van der Waals surface area contributed by atoms with E-state index < -0.39 is 18.2 Å². The number of carbonyl (C=O) groups excluding carboxylic acids is 2. The molecule has 0 aliphatic rings. The lowest BCUT2D eigenvalue weighted by atomic mass is 10.0. The number of ether oxygens (including phenoxy) is 1. The summed E-state index contributed by atoms with van der Waals surface area (Å²) in [6.45, 7) is 6.54. The highest BCUT2D eigenvalue weighted by Gasteiger charge is 2.24. The number of hydrogen-bond donors (Lipinski definition) is 3. The number of aliphatic hydroxyl groups excluding tert-OH is 2. The highest BCUT2D eigenvalue weighted by molar-refractivity contribution is 5.77. The number of esters is 1. The molecule has 0 saturated heterocycles. The lowest BCUT2D eigenvalue weighted by Gasteiger charge is -2.24. The Morgan fingerprint density at radius 2 is 0.696 bits per heavy atom. The second-order valence-electron chi connectivity index (χ2n) is 21.8. The second kappa shape index (κ2) is 57.5. The highest BCUT2D eigenvalue weighted by Crippen LogP contribution is 2.19. The number of hydrogen-bond acceptors (Lipinski definition) is 5. The third-order valence-corrected chi connectivity index (χ3v) is 14.8. The van der Waals surface area contributed by atoms with Gasteiger partial charge in [-0.1, -0.05) is 303 Å². The topological polar surface area (TPSA) is 95.9 Å². The zero-order valence-electron chi connectivity index (χ0n) is 47.0. The van der Waals surface area contributed by atoms with Crippen molar-refractivity contribution in [2.75, 3.05) is 6.61 Å². The van der Waals surface area contributed by atoms with Crippen LogP contribution in [-0.2, 0) is 14.3 Å². The Balaban J connectivity index is 4.49. The molecule has 0 aromatic carbocycles. The average Bonchev–Trinajstić information content (AvgIpc) is 3.34. The molecule has 0 aromatic rings. The smallest absolute Gasteiger partial charge is 0.306 e. The van der Waals surface area contributed by atoms with Crippen LogP contribution in [0.1, 0.15) is 355 Å². The Kier molecular flexibility index (Phi) is 56.3. The Morgan fingerprint density at radius 1 is 0.406 bits per heavy atom. The van der Waals surface area contributed by atoms with E-state index in [2.05, 4.69) is 38.2 Å². The summed E-state index contributed by atoms with van der Waals surface area (Å²) in [7, 11) is 0. The summed E-state index contributed by atoms with van der Waals surface area (Å²) in [5.74, 6) is -0.450. The zero-order valence-corrected chi connectivity index (χ0v) is 47.0. The van der Waals surface area contributed by atoms with Crippen LogP contribution in [0, 0.1) is 0 Å². The van der Waals surface area contributed by atoms with Crippen LogP contribution < -0.4 is 5.32 Å². The normalized spacial score (nSPS) is 13.1. The van der Waals surface area contributed by atoms with Crippen LogP contribution in [0.5, 0.6) is 0 Å². The van der Waals surface area contributed by atoms with Gasteiger partial charge in [0.05, 0.1) is 25.2 Å². The van der Waals surface area contributed by atoms with Gasteiger partial charge in [-0.25, -0.2) is 0 Å². The van der Waals surface area contributed by atoms with Gasteiger partial charge in [0.1, 0.15) is 6.10 Å². The van der Waals surface area contributed by atoms with Crippen molar-refractivity contribution in [3.8, 4) is 0 Å². The molecule has 3 N–H and O–H groups in total. The van der Waals surface area contributed by atoms with Gasteiger partial charge in [0.2, 0.25) is 5.91 Å². The van der Waals surface area contributed by atoms with Gasteiger partial charge in [-0.15, -0.1) is 0 Å². The molecule has 1 amide bonds. The molecule has 0 spiro atoms. The summed E-state index contributed by atoms with van der Waals surface area (Å²) < 4.78 is 5.99. The molecule has 0 aromatic heterocycles. The molecule has 0 heterocycles. The summed E-state index contributed by atoms with van der Waals surface area (Å²) in [5, 5.41) is 23.9. The third kappa shape index (κ3) is 52.7. The Hall–Kier alpha value is -1.40. The lowest BCUT2D eigenvalue weighted by Crippen LogP contribution is -2.46. The van der Waals surface area contributed by atoms with Crippen molar-refractivity contribution in [2.24, 2.45) is 0 Å². The molecule has 3 atom stereocenters. The van der Waals surface area contributed by atoms with Gasteiger partial charge >= 0.3 is 5.97 Å². The van der Waals surface area contributed by atoms with Crippen molar-refractivity contribution >= 4 is 11.9 Å². The molecule has 0 aliphatic heterocycles. The maximum absolute atomic E-state index is 13.3. The molecule has 0 fully saturated rings. The first-order valence-electron chi connectivity index (χ1n) is 31.4. The molecular weight excluding hydrogens is 851 g/mol. The van der Waals surface area contributed by atoms with E-state index in [1.807, 2.05) is 0 Å². The van der Waals surface area contributed by atoms with Crippen molar-refractivity contribution in [1.29, 1.82) is 0 Å². The summed E-state index contributed by atoms with van der Waals surface area (Å²) in [5.41, 5.74) is 0. The first kappa shape index (κ1) is 67.6. The minimum absolute atomic E-state index is 0.0827. The Morgan fingerprint density at radius 3 is 1.03 bits per heavy atom. The van der Waals surface area contributed by atoms with E-state index in [4.69, 9.17) is 4.74 Å². The maximum Gasteiger partial charge on any atom is 0.306 e. The van der Waals surface area contributed by atoms with Crippen LogP contribution in [0.4, 0.5) is 0 Å². The van der Waals surface area contributed by atoms with Gasteiger partial charge < -0.3 is 20.3 Å². The predicted molar refractivity (Wildman–Crippen MR) is 301 cm³/mol. The summed E-state index contributed by atoms with van der Waals surface area (Å²) in [6.07, 6.45) is 67.1. The molecule has 410 valence electrons. The van der Waals surface area contributed by atoms with Crippen LogP contribution in [-0.4, -0.2) is 46.9 Å². The Bertz CT molecular complexity index is 1050. The molecule has 6 heteroatoms. The van der Waals surface area contributed by atoms with Crippen molar-refractivity contribution < 1.29 is 24.5 Å². The van der Waals surface area contributed by atoms with Crippen LogP contribution >= 0.6 is 0 Å². The molecule has 6 nitrogen and oxygen atoms in total. The molecule has 69 heavy (non-hydrogen) atoms. The van der Waals surface area contributed by atoms with Gasteiger partial charge in [-0.3, -0.25) is 9.59 Å². The van der Waals surface area contributed by atoms with Crippen molar-refractivity contribution in [2.45, 2.75) is 373 Å². The number of nitrogens with one attached hydrogen (secondary N) is 1. The molecule has 0 bridgehead atoms. The molecule has 0 radical (unpaired) electrons. The summed E-state index contributed by atoms with van der Waals surface area (Å²) >= 11 is 0. The fourth-order valence-electron chi connectivity index (χ4n) is 10.1. The van der Waals surface area contributed by atoms with E-state index in [0.717, 1.165) is 51.4 Å². The van der Waals surface area contributed by atoms with Crippen LogP contribution in [0.2, 0.25) is 0 Å². The number of allylic oxidation sites excluding steroid dienone is 2. The van der Waals surface area contributed by atoms with Crippen molar-refractivity contribution in [3.05, 3.63) is 12.2 Å². The van der Waals surface area contributed by atoms with E-state index in [1.54, 1.807) is 0 Å². The number of aliphatic hydroxyl groups is 2. The third-order valence-electron chi connectivity index (χ3n) is 14.8. The fourth-order valence-corrected chi connectivity index (χ4v) is 10.1. The van der Waals surface area contributed by atoms with Gasteiger partial charge in [-0.05, 0) is 51.4 Å². The van der Waals surface area contributed by atoms with Gasteiger partial charge in [0.25, 0.3) is 0 Å². The van der Waals surface area contributed by atoms with E-state index in [-0.39, 0.29) is 24.9 Å². The number of carbonyl (C=O) groups is 2. The number of amides is 1. The van der Waals surface area contributed by atoms with Gasteiger partial charge in [-0.2, -0.15) is 0 Å². The quantitative estimate of drug-likeness (QED) is 0.0321. The number of rotatable bonds is 58. The average molecular weight is 975 g/mol. The van der Waals surface area contributed by atoms with Gasteiger partial charge in [0, 0.05) is 6.42 Å². The Labute approximate surface area is 431 Å². The molecule has 0 aliphatic carbocycles. The standard InChI is InChI=1S/C63H123NO5/c1-4-7-10-13-16-19-22-25-28-30-31-33-35-38-41-44-47-50-53-56-63(68)69-59(54-51-48-45-42-39-36-34-32-29-26-23-20-17-14-11-8-5-2)57-62(67)64-60(58-65)61(66)55-52-49-46-43-40-37-27-24-21-18-15-12-9-6-3/h26,29,59-61,65-66H,4-25,27-28,30-58H2,1-3H3,(H,64,67)/b29-26+. The van der Waals surface area contributed by atoms with Crippen LogP contribution in [0.25, 0.3) is 0 Å². The van der Waals surface area contributed by atoms with Crippen LogP contribution in [0.3, 0.4) is 0 Å². The lowest BCUT2D eigenvalue weighted by molar-refractivity contribution is -0.151. The highest BCUT2D eigenvalue weighted by atomic mass is 16.5. The minimum Gasteiger partial charge on any atom is -0.462 e. The molecule has 3 unspecified atom stereocenters. The summed E-state index contributed by atoms with van der Waals surface area (Å²) in [6, 6.07) is -0.698. The minimum atomic E-state index is -0.784. The molecular formula is C63H123NO5. The SMILES string of the molecule is CCCCCCCC/C=C/CCCCCCCCCC(CC(=O)NC(CO)C(O)CCCCCCCCCCCCCCCC)OC(=O)CCCCCCCCCCCCCCCCCCCCC. The predicted octanol–water partition coefficient (Wildman–Crippen LogP) is 19.6. The number of unbranched alkanes of at least 4 members (excludes halogenated alkanes) is 44. The maximum atomic E-state index is 13.3. The van der Waals surface area contributed by atoms with Gasteiger partial charge in [0.15, 0.2) is 0 Å². The van der Waals surface area contributed by atoms with Crippen LogP contribution in [0.15, 0.2) is 12.2 Å². The first-order valence-corrected chi connectivity index (χ1v) is 31.4. The monoisotopic (exact) mass is 974 g/mol. The largest absolute Gasteiger partial charge is 0.462 e. The van der Waals surface area contributed by atoms with E-state index >= 15 is 0 Å². The fraction of sp³-hybridized carbons (Fsp3) is 0.937. The molecule has 0 saturated carbocycles. The summed E-state index contributed by atoms with van der Waals surface area (Å²) in [4.78, 5) is 26.4.